The maximum Gasteiger partial charge on any atom is 0.219 e. The van der Waals surface area contributed by atoms with Gasteiger partial charge in [-0.15, -0.1) is 0 Å². The molecule has 1 aromatic carbocycles. The van der Waals surface area contributed by atoms with Gasteiger partial charge >= 0.3 is 0 Å². The fraction of sp³-hybridized carbons (Fsp3) is 0.500. The lowest BCUT2D eigenvalue weighted by Crippen LogP contribution is -2.48. The lowest BCUT2D eigenvalue weighted by Gasteiger charge is -2.35. The number of fused-ring (bicyclic) bond motifs is 1. The van der Waals surface area contributed by atoms with Gasteiger partial charge in [0, 0.05) is 45.0 Å². The second-order valence-corrected chi connectivity index (χ2v) is 7.69. The van der Waals surface area contributed by atoms with E-state index in [4.69, 9.17) is 9.97 Å². The third kappa shape index (κ3) is 4.50. The Morgan fingerprint density at radius 3 is 2.50 bits per heavy atom. The number of amides is 1. The van der Waals surface area contributed by atoms with Gasteiger partial charge in [-0.3, -0.25) is 9.69 Å². The van der Waals surface area contributed by atoms with Gasteiger partial charge in [-0.2, -0.15) is 0 Å². The highest BCUT2D eigenvalue weighted by Crippen LogP contribution is 2.27. The minimum absolute atomic E-state index is 0.141. The van der Waals surface area contributed by atoms with Crippen molar-refractivity contribution < 1.29 is 4.79 Å². The Kier molecular flexibility index (Phi) is 6.29. The van der Waals surface area contributed by atoms with Crippen LogP contribution in [-0.2, 0) is 11.3 Å². The van der Waals surface area contributed by atoms with Crippen LogP contribution in [0, 0.1) is 6.92 Å². The van der Waals surface area contributed by atoms with Gasteiger partial charge in [-0.05, 0) is 32.0 Å². The zero-order valence-corrected chi connectivity index (χ0v) is 17.5. The number of hydrogen-bond donors (Lipinski definition) is 0. The van der Waals surface area contributed by atoms with Gasteiger partial charge in [-0.1, -0.05) is 31.2 Å². The van der Waals surface area contributed by atoms with Crippen LogP contribution in [0.3, 0.4) is 0 Å². The van der Waals surface area contributed by atoms with Crippen molar-refractivity contribution in [1.82, 2.24) is 19.8 Å². The maximum atomic E-state index is 11.7. The van der Waals surface area contributed by atoms with Crippen molar-refractivity contribution in [3.05, 3.63) is 41.7 Å². The second kappa shape index (κ2) is 8.69. The van der Waals surface area contributed by atoms with E-state index in [0.29, 0.717) is 6.54 Å². The monoisotopic (exact) mass is 381 g/mol. The van der Waals surface area contributed by atoms with Crippen molar-refractivity contribution in [3.63, 3.8) is 0 Å². The molecule has 0 spiro atoms. The Bertz CT molecular complexity index is 871. The summed E-state index contributed by atoms with van der Waals surface area (Å²) in [5.74, 6) is 1.97. The molecule has 0 radical (unpaired) electrons. The highest BCUT2D eigenvalue weighted by atomic mass is 16.2. The van der Waals surface area contributed by atoms with Crippen molar-refractivity contribution in [2.45, 2.75) is 34.2 Å². The molecule has 1 amide bonds. The molecule has 1 aliphatic rings. The lowest BCUT2D eigenvalue weighted by atomic mass is 10.1. The van der Waals surface area contributed by atoms with E-state index in [1.165, 1.54) is 0 Å². The molecule has 1 aliphatic heterocycles. The van der Waals surface area contributed by atoms with Crippen LogP contribution in [0.15, 0.2) is 30.4 Å². The number of aromatic nitrogens is 2. The van der Waals surface area contributed by atoms with E-state index >= 15 is 0 Å². The van der Waals surface area contributed by atoms with Gasteiger partial charge in [-0.25, -0.2) is 9.97 Å². The van der Waals surface area contributed by atoms with Crippen molar-refractivity contribution >= 4 is 22.6 Å². The quantitative estimate of drug-likeness (QED) is 0.720. The molecule has 0 N–H and O–H groups in total. The van der Waals surface area contributed by atoms with Gasteiger partial charge in [0.15, 0.2) is 0 Å². The number of carbonyl (C=O) groups excluding carboxylic acids is 1. The van der Waals surface area contributed by atoms with E-state index in [1.54, 1.807) is 6.92 Å². The molecule has 1 saturated heterocycles. The number of carbonyl (C=O) groups is 1. The summed E-state index contributed by atoms with van der Waals surface area (Å²) in [6, 6.07) is 6.27. The Hall–Kier alpha value is -2.47. The first-order valence-corrected chi connectivity index (χ1v) is 10.0. The molecule has 0 saturated carbocycles. The Labute approximate surface area is 167 Å². The summed E-state index contributed by atoms with van der Waals surface area (Å²) in [6.45, 7) is 17.5. The van der Waals surface area contributed by atoms with Gasteiger partial charge < -0.3 is 9.80 Å². The third-order valence-electron chi connectivity index (χ3n) is 5.28. The predicted molar refractivity (Wildman–Crippen MR) is 115 cm³/mol. The van der Waals surface area contributed by atoms with E-state index in [2.05, 4.69) is 48.4 Å². The van der Waals surface area contributed by atoms with Crippen LogP contribution in [0.5, 0.6) is 0 Å². The van der Waals surface area contributed by atoms with Crippen LogP contribution < -0.4 is 4.90 Å². The summed E-state index contributed by atoms with van der Waals surface area (Å²) in [5, 5.41) is 1.09. The van der Waals surface area contributed by atoms with E-state index in [-0.39, 0.29) is 5.91 Å². The van der Waals surface area contributed by atoms with Gasteiger partial charge in [0.25, 0.3) is 0 Å². The van der Waals surface area contributed by atoms with E-state index in [9.17, 15) is 4.79 Å². The standard InChI is InChI=1S/C22H31N5O/c1-6-25(14-16(2)3)15-20-23-21-17(4)8-7-9-19(21)22(24-20)27-12-10-26(11-13-27)18(5)28/h7-9H,2,6,10-15H2,1,3-5H3. The second-order valence-electron chi connectivity index (χ2n) is 7.69. The van der Waals surface area contributed by atoms with Crippen molar-refractivity contribution in [3.8, 4) is 0 Å². The molecule has 2 aromatic rings. The first-order chi connectivity index (χ1) is 13.4. The van der Waals surface area contributed by atoms with Gasteiger partial charge in [0.05, 0.1) is 12.1 Å². The van der Waals surface area contributed by atoms with E-state index in [1.807, 2.05) is 11.8 Å². The average Bonchev–Trinajstić information content (AvgIpc) is 2.67. The summed E-state index contributed by atoms with van der Waals surface area (Å²) in [6.07, 6.45) is 0. The topological polar surface area (TPSA) is 52.6 Å². The Balaban J connectivity index is 1.95. The molecule has 3 rings (SSSR count). The maximum absolute atomic E-state index is 11.7. The summed E-state index contributed by atoms with van der Waals surface area (Å²) >= 11 is 0. The summed E-state index contributed by atoms with van der Waals surface area (Å²) in [4.78, 5) is 28.0. The molecule has 0 unspecified atom stereocenters. The van der Waals surface area contributed by atoms with Crippen LogP contribution in [0.2, 0.25) is 0 Å². The lowest BCUT2D eigenvalue weighted by molar-refractivity contribution is -0.129. The number of hydrogen-bond acceptors (Lipinski definition) is 5. The number of anilines is 1. The summed E-state index contributed by atoms with van der Waals surface area (Å²) < 4.78 is 0. The number of para-hydroxylation sites is 1. The Morgan fingerprint density at radius 1 is 1.18 bits per heavy atom. The number of rotatable bonds is 6. The van der Waals surface area contributed by atoms with Crippen LogP contribution in [0.4, 0.5) is 5.82 Å². The minimum atomic E-state index is 0.141. The minimum Gasteiger partial charge on any atom is -0.352 e. The molecule has 1 fully saturated rings. The predicted octanol–water partition coefficient (Wildman–Crippen LogP) is 3.00. The fourth-order valence-electron chi connectivity index (χ4n) is 3.73. The zero-order valence-electron chi connectivity index (χ0n) is 17.5. The molecule has 0 atom stereocenters. The molecule has 0 aliphatic carbocycles. The number of nitrogens with zero attached hydrogens (tertiary/aromatic N) is 5. The van der Waals surface area contributed by atoms with Crippen LogP contribution in [0.25, 0.3) is 10.9 Å². The third-order valence-corrected chi connectivity index (χ3v) is 5.28. The highest BCUT2D eigenvalue weighted by molar-refractivity contribution is 5.91. The highest BCUT2D eigenvalue weighted by Gasteiger charge is 2.22. The first-order valence-electron chi connectivity index (χ1n) is 10.0. The number of benzene rings is 1. The molecular formula is C22H31N5O. The molecule has 28 heavy (non-hydrogen) atoms. The summed E-state index contributed by atoms with van der Waals surface area (Å²) in [5.41, 5.74) is 3.31. The molecule has 6 nitrogen and oxygen atoms in total. The fourth-order valence-corrected chi connectivity index (χ4v) is 3.73. The van der Waals surface area contributed by atoms with E-state index in [0.717, 1.165) is 73.0 Å². The van der Waals surface area contributed by atoms with Crippen molar-refractivity contribution in [2.75, 3.05) is 44.2 Å². The summed E-state index contributed by atoms with van der Waals surface area (Å²) in [7, 11) is 0. The molecule has 6 heteroatoms. The normalized spacial score (nSPS) is 14.8. The largest absolute Gasteiger partial charge is 0.352 e. The smallest absolute Gasteiger partial charge is 0.219 e. The van der Waals surface area contributed by atoms with Crippen LogP contribution >= 0.6 is 0 Å². The average molecular weight is 382 g/mol. The Morgan fingerprint density at radius 2 is 1.89 bits per heavy atom. The number of piperazine rings is 1. The van der Waals surface area contributed by atoms with Crippen LogP contribution in [-0.4, -0.2) is 64.9 Å². The van der Waals surface area contributed by atoms with Gasteiger partial charge in [0.2, 0.25) is 5.91 Å². The van der Waals surface area contributed by atoms with Crippen LogP contribution in [0.1, 0.15) is 32.2 Å². The van der Waals surface area contributed by atoms with E-state index < -0.39 is 0 Å². The van der Waals surface area contributed by atoms with Gasteiger partial charge in [0.1, 0.15) is 11.6 Å². The molecule has 150 valence electrons. The number of likely N-dealkylation sites (N-methyl/N-ethyl adjacent to an activating group) is 1. The molecule has 0 bridgehead atoms. The zero-order chi connectivity index (χ0) is 20.3. The SMILES string of the molecule is C=C(C)CN(CC)Cc1nc(N2CCN(C(C)=O)CC2)c2cccc(C)c2n1. The van der Waals surface area contributed by atoms with Crippen molar-refractivity contribution in [1.29, 1.82) is 0 Å². The molecule has 1 aromatic heterocycles. The van der Waals surface area contributed by atoms with Crippen molar-refractivity contribution in [2.24, 2.45) is 0 Å². The molecule has 2 heterocycles. The first kappa shape index (κ1) is 20.3. The molecular weight excluding hydrogens is 350 g/mol. The number of aryl methyl sites for hydroxylation is 1.